The van der Waals surface area contributed by atoms with Gasteiger partial charge in [-0.15, -0.1) is 40.5 Å². The number of fused-ring (bicyclic) bond motifs is 2. The normalized spacial score (nSPS) is 12.0. The molecule has 6 heteroatoms. The molecule has 0 saturated heterocycles. The summed E-state index contributed by atoms with van der Waals surface area (Å²) in [5.41, 5.74) is 7.18. The summed E-state index contributed by atoms with van der Waals surface area (Å²) in [6, 6.07) is 18.9. The van der Waals surface area contributed by atoms with E-state index in [1.54, 1.807) is 0 Å². The van der Waals surface area contributed by atoms with Crippen LogP contribution in [0.4, 0.5) is 0 Å². The molecular weight excluding hydrogens is 813 g/mol. The predicted molar refractivity (Wildman–Crippen MR) is 209 cm³/mol. The minimum Gasteiger partial charge on any atom is -0.512 e. The van der Waals surface area contributed by atoms with Crippen LogP contribution in [0.2, 0.25) is 0 Å². The number of allylic oxidation sites excluding steroid dienone is 2. The molecule has 2 aromatic carbocycles. The van der Waals surface area contributed by atoms with Gasteiger partial charge >= 0.3 is 0 Å². The van der Waals surface area contributed by atoms with Crippen LogP contribution in [0.25, 0.3) is 43.2 Å². The Labute approximate surface area is 318 Å². The van der Waals surface area contributed by atoms with E-state index in [4.69, 9.17) is 0 Å². The molecular formula is C44H55IrN2O2S-. The molecule has 0 spiro atoms. The number of thiophene rings is 1. The molecule has 5 rings (SSSR count). The Hall–Kier alpha value is -3.31. The minimum absolute atomic E-state index is 0. The van der Waals surface area contributed by atoms with E-state index in [1.165, 1.54) is 38.2 Å². The van der Waals surface area contributed by atoms with Gasteiger partial charge in [-0.05, 0) is 72.1 Å². The maximum absolute atomic E-state index is 11.7. The molecule has 0 atom stereocenters. The fourth-order valence-electron chi connectivity index (χ4n) is 6.50. The molecule has 4 nitrogen and oxygen atoms in total. The topological polar surface area (TPSA) is 54.1 Å². The van der Waals surface area contributed by atoms with Crippen LogP contribution in [0.5, 0.6) is 0 Å². The van der Waals surface area contributed by atoms with Gasteiger partial charge in [0.25, 0.3) is 0 Å². The standard InChI is InChI=1S/C31H31N2S.C13H24O2.Ir/c1-20(2)13-24-19-34-30-26(17-32-18-27(24)30)22-11-12-33(6)29(16-22)23-14-21-9-7-8-10-25(21)28(15-23)31(3,4)5;1-5-10(6-2)12(14)9-13(15)11(7-3)8-4;/h7-12,15-20H,6,13H2,1-5H3;9-11,14H,5-8H2,1-4H3;/q-1;;/b;12-9-;. The minimum atomic E-state index is 0. The summed E-state index contributed by atoms with van der Waals surface area (Å²) >= 11 is 1.82. The molecule has 0 aliphatic carbocycles. The molecule has 5 aromatic rings. The predicted octanol–water partition coefficient (Wildman–Crippen LogP) is 11.9. The first-order valence-corrected chi connectivity index (χ1v) is 18.8. The summed E-state index contributed by atoms with van der Waals surface area (Å²) in [5, 5.41) is 15.7. The van der Waals surface area contributed by atoms with E-state index in [9.17, 15) is 9.90 Å². The average Bonchev–Trinajstić information content (AvgIpc) is 3.47. The van der Waals surface area contributed by atoms with Gasteiger partial charge in [-0.25, -0.2) is 0 Å². The zero-order valence-corrected chi connectivity index (χ0v) is 34.6. The van der Waals surface area contributed by atoms with Crippen LogP contribution in [0.15, 0.2) is 78.3 Å². The third kappa shape index (κ3) is 9.72. The molecule has 50 heavy (non-hydrogen) atoms. The van der Waals surface area contributed by atoms with Gasteiger partial charge in [0.2, 0.25) is 0 Å². The van der Waals surface area contributed by atoms with E-state index >= 15 is 0 Å². The molecule has 3 heterocycles. The van der Waals surface area contributed by atoms with Crippen LogP contribution < -0.4 is 4.57 Å². The van der Waals surface area contributed by atoms with Gasteiger partial charge in [0, 0.05) is 73.1 Å². The summed E-state index contributed by atoms with van der Waals surface area (Å²) in [5.74, 6) is 1.17. The largest absolute Gasteiger partial charge is 0.512 e. The number of hydrogen-bond acceptors (Lipinski definition) is 4. The summed E-state index contributed by atoms with van der Waals surface area (Å²) < 4.78 is 3.25. The van der Waals surface area contributed by atoms with Crippen molar-refractivity contribution in [2.75, 3.05) is 0 Å². The van der Waals surface area contributed by atoms with Crippen molar-refractivity contribution in [2.24, 2.45) is 17.8 Å². The molecule has 1 N–H and O–H groups in total. The average molecular weight is 868 g/mol. The fourth-order valence-corrected chi connectivity index (χ4v) is 7.59. The van der Waals surface area contributed by atoms with Gasteiger partial charge in [-0.2, -0.15) is 0 Å². The Morgan fingerprint density at radius 1 is 0.980 bits per heavy atom. The van der Waals surface area contributed by atoms with Gasteiger partial charge in [-0.3, -0.25) is 9.78 Å². The van der Waals surface area contributed by atoms with Crippen molar-refractivity contribution >= 4 is 38.0 Å². The smallest absolute Gasteiger partial charge is 0.162 e. The second kappa shape index (κ2) is 18.3. The van der Waals surface area contributed by atoms with E-state index < -0.39 is 0 Å². The third-order valence-corrected chi connectivity index (χ3v) is 10.6. The number of carbonyl (C=O) groups excluding carboxylic acids is 1. The van der Waals surface area contributed by atoms with Crippen molar-refractivity contribution in [3.05, 3.63) is 103 Å². The van der Waals surface area contributed by atoms with Gasteiger partial charge < -0.3 is 9.67 Å². The van der Waals surface area contributed by atoms with Crippen LogP contribution >= 0.6 is 11.3 Å². The van der Waals surface area contributed by atoms with Gasteiger partial charge in [0.05, 0.1) is 12.0 Å². The zero-order chi connectivity index (χ0) is 35.9. The SMILES string of the molecule is CCC(CC)C(=O)/C=C(\O)C(CC)CC.[CH2-][n+]1ccc(-c2cncc3c(CC(C)C)csc23)cc1-c1[c-]c2ccccc2c(C(C)(C)C)c1.[Ir]. The fraction of sp³-hybridized carbons (Fsp3) is 0.409. The first-order chi connectivity index (χ1) is 23.3. The molecule has 0 fully saturated rings. The number of hydrogen-bond donors (Lipinski definition) is 1. The quantitative estimate of drug-likeness (QED) is 0.0623. The number of ketones is 1. The van der Waals surface area contributed by atoms with Crippen LogP contribution in [-0.2, 0) is 36.7 Å². The number of benzene rings is 2. The first-order valence-electron chi connectivity index (χ1n) is 17.9. The molecule has 3 aromatic heterocycles. The summed E-state index contributed by atoms with van der Waals surface area (Å²) in [7, 11) is 4.29. The Bertz CT molecular complexity index is 1910. The molecule has 0 bridgehead atoms. The van der Waals surface area contributed by atoms with E-state index in [0.717, 1.165) is 54.3 Å². The Morgan fingerprint density at radius 2 is 1.64 bits per heavy atom. The maximum atomic E-state index is 11.7. The summed E-state index contributed by atoms with van der Waals surface area (Å²) in [4.78, 5) is 16.3. The van der Waals surface area contributed by atoms with E-state index in [2.05, 4.69) is 101 Å². The zero-order valence-electron chi connectivity index (χ0n) is 31.4. The number of aromatic nitrogens is 2. The number of pyridine rings is 2. The van der Waals surface area contributed by atoms with Crippen molar-refractivity contribution in [3.63, 3.8) is 0 Å². The molecule has 0 unspecified atom stereocenters. The summed E-state index contributed by atoms with van der Waals surface area (Å²) in [6.45, 7) is 19.4. The van der Waals surface area contributed by atoms with Crippen molar-refractivity contribution in [1.82, 2.24) is 4.98 Å². The van der Waals surface area contributed by atoms with Gasteiger partial charge in [0.1, 0.15) is 5.69 Å². The number of nitrogens with zero attached hydrogens (tertiary/aromatic N) is 2. The summed E-state index contributed by atoms with van der Waals surface area (Å²) in [6.07, 6.45) is 12.0. The molecule has 269 valence electrons. The van der Waals surface area contributed by atoms with Crippen molar-refractivity contribution in [1.29, 1.82) is 0 Å². The monoisotopic (exact) mass is 868 g/mol. The second-order valence-corrected chi connectivity index (χ2v) is 15.5. The maximum Gasteiger partial charge on any atom is 0.162 e. The molecule has 0 aliphatic rings. The Balaban J connectivity index is 0.000000361. The molecule has 0 aliphatic heterocycles. The van der Waals surface area contributed by atoms with Crippen LogP contribution in [0.1, 0.15) is 99.1 Å². The number of carbonyl (C=O) groups is 1. The number of rotatable bonds is 11. The molecule has 1 radical (unpaired) electrons. The molecule has 0 amide bonds. The Kier molecular flexibility index (Phi) is 15.0. The molecule has 0 saturated carbocycles. The van der Waals surface area contributed by atoms with E-state index in [0.29, 0.717) is 5.92 Å². The van der Waals surface area contributed by atoms with Crippen LogP contribution in [-0.4, -0.2) is 15.9 Å². The Morgan fingerprint density at radius 3 is 2.26 bits per heavy atom. The van der Waals surface area contributed by atoms with E-state index in [1.807, 2.05) is 62.2 Å². The number of aliphatic hydroxyl groups excluding tert-OH is 1. The van der Waals surface area contributed by atoms with Crippen LogP contribution in [0.3, 0.4) is 0 Å². The third-order valence-electron chi connectivity index (χ3n) is 9.48. The van der Waals surface area contributed by atoms with Crippen molar-refractivity contribution < 1.29 is 34.6 Å². The van der Waals surface area contributed by atoms with Gasteiger partial charge in [-0.1, -0.05) is 91.5 Å². The first kappa shape index (κ1) is 41.1. The van der Waals surface area contributed by atoms with Gasteiger partial charge in [0.15, 0.2) is 5.78 Å². The van der Waals surface area contributed by atoms with Crippen molar-refractivity contribution in [2.45, 2.75) is 99.8 Å². The number of aliphatic hydroxyl groups is 1. The van der Waals surface area contributed by atoms with Crippen LogP contribution in [0, 0.1) is 30.9 Å². The van der Waals surface area contributed by atoms with E-state index in [-0.39, 0.29) is 48.9 Å². The van der Waals surface area contributed by atoms with Crippen molar-refractivity contribution in [3.8, 4) is 22.4 Å². The second-order valence-electron chi connectivity index (χ2n) is 14.6.